The van der Waals surface area contributed by atoms with E-state index in [2.05, 4.69) is 36.5 Å². The van der Waals surface area contributed by atoms with Crippen LogP contribution in [0.5, 0.6) is 0 Å². The lowest BCUT2D eigenvalue weighted by atomic mass is 9.92. The summed E-state index contributed by atoms with van der Waals surface area (Å²) in [5, 5.41) is 3.38. The van der Waals surface area contributed by atoms with Gasteiger partial charge in [-0.15, -0.1) is 0 Å². The zero-order chi connectivity index (χ0) is 14.8. The van der Waals surface area contributed by atoms with Gasteiger partial charge in [0.15, 0.2) is 0 Å². The van der Waals surface area contributed by atoms with Gasteiger partial charge in [0.05, 0.1) is 12.1 Å². The van der Waals surface area contributed by atoms with E-state index in [0.717, 1.165) is 32.5 Å². The monoisotopic (exact) mass is 288 g/mol. The second kappa shape index (κ2) is 6.16. The first-order valence-corrected chi connectivity index (χ1v) is 7.80. The number of carbonyl (C=O) groups excluding carboxylic acids is 1. The minimum Gasteiger partial charge on any atom is -0.379 e. The van der Waals surface area contributed by atoms with E-state index < -0.39 is 0 Å². The molecule has 1 amide bonds. The molecular formula is C17H24N2O2. The first kappa shape index (κ1) is 14.5. The fourth-order valence-electron chi connectivity index (χ4n) is 3.39. The summed E-state index contributed by atoms with van der Waals surface area (Å²) in [6, 6.07) is 8.28. The van der Waals surface area contributed by atoms with Crippen molar-refractivity contribution < 1.29 is 9.53 Å². The average molecular weight is 288 g/mol. The van der Waals surface area contributed by atoms with Gasteiger partial charge in [-0.3, -0.25) is 4.79 Å². The van der Waals surface area contributed by atoms with Crippen molar-refractivity contribution in [1.82, 2.24) is 10.2 Å². The van der Waals surface area contributed by atoms with Crippen molar-refractivity contribution in [2.45, 2.75) is 38.5 Å². The van der Waals surface area contributed by atoms with Crippen molar-refractivity contribution in [2.24, 2.45) is 5.92 Å². The van der Waals surface area contributed by atoms with Gasteiger partial charge in [-0.1, -0.05) is 31.2 Å². The van der Waals surface area contributed by atoms with Gasteiger partial charge in [-0.2, -0.15) is 0 Å². The maximum atomic E-state index is 12.7. The van der Waals surface area contributed by atoms with E-state index in [4.69, 9.17) is 4.74 Å². The lowest BCUT2D eigenvalue weighted by Gasteiger charge is -2.38. The summed E-state index contributed by atoms with van der Waals surface area (Å²) < 4.78 is 5.51. The number of hydrogen-bond acceptors (Lipinski definition) is 3. The van der Waals surface area contributed by atoms with Gasteiger partial charge in [0.1, 0.15) is 0 Å². The van der Waals surface area contributed by atoms with Crippen molar-refractivity contribution in [3.05, 3.63) is 35.4 Å². The Morgan fingerprint density at radius 2 is 2.10 bits per heavy atom. The SMILES string of the molecule is CO[C@@H]1CN(C(=O)[C@H]2Cc3ccccc3CN2)CC[C@H]1C. The number of ether oxygens (including phenoxy) is 1. The molecule has 0 saturated carbocycles. The topological polar surface area (TPSA) is 41.6 Å². The number of fused-ring (bicyclic) bond motifs is 1. The molecule has 4 nitrogen and oxygen atoms in total. The van der Waals surface area contributed by atoms with E-state index in [1.165, 1.54) is 11.1 Å². The second-order valence-electron chi connectivity index (χ2n) is 6.23. The zero-order valence-corrected chi connectivity index (χ0v) is 12.8. The van der Waals surface area contributed by atoms with Crippen LogP contribution >= 0.6 is 0 Å². The van der Waals surface area contributed by atoms with E-state index in [0.29, 0.717) is 5.92 Å². The Hall–Kier alpha value is -1.39. The van der Waals surface area contributed by atoms with Gasteiger partial charge in [-0.05, 0) is 29.9 Å². The Kier molecular flexibility index (Phi) is 4.27. The van der Waals surface area contributed by atoms with Crippen LogP contribution in [0.3, 0.4) is 0 Å². The maximum absolute atomic E-state index is 12.7. The van der Waals surface area contributed by atoms with Crippen LogP contribution in [-0.2, 0) is 22.5 Å². The molecule has 0 bridgehead atoms. The summed E-state index contributed by atoms with van der Waals surface area (Å²) in [5.41, 5.74) is 2.60. The largest absolute Gasteiger partial charge is 0.379 e. The number of hydrogen-bond donors (Lipinski definition) is 1. The van der Waals surface area contributed by atoms with Crippen molar-refractivity contribution in [3.8, 4) is 0 Å². The third-order valence-corrected chi connectivity index (χ3v) is 4.88. The Bertz CT molecular complexity index is 517. The van der Waals surface area contributed by atoms with Crippen LogP contribution in [-0.4, -0.2) is 43.2 Å². The van der Waals surface area contributed by atoms with E-state index in [9.17, 15) is 4.79 Å². The number of nitrogens with zero attached hydrogens (tertiary/aromatic N) is 1. The number of rotatable bonds is 2. The van der Waals surface area contributed by atoms with Crippen LogP contribution in [0.4, 0.5) is 0 Å². The molecule has 1 aromatic carbocycles. The predicted molar refractivity (Wildman–Crippen MR) is 81.9 cm³/mol. The quantitative estimate of drug-likeness (QED) is 0.898. The zero-order valence-electron chi connectivity index (χ0n) is 12.8. The number of carbonyl (C=O) groups is 1. The lowest BCUT2D eigenvalue weighted by Crippen LogP contribution is -2.54. The molecule has 0 aliphatic carbocycles. The number of nitrogens with one attached hydrogen (secondary N) is 1. The molecule has 3 atom stereocenters. The summed E-state index contributed by atoms with van der Waals surface area (Å²) in [6.45, 7) is 4.55. The average Bonchev–Trinajstić information content (AvgIpc) is 2.54. The number of amides is 1. The molecule has 2 aliphatic rings. The highest BCUT2D eigenvalue weighted by molar-refractivity contribution is 5.82. The molecule has 0 aromatic heterocycles. The third-order valence-electron chi connectivity index (χ3n) is 4.88. The normalized spacial score (nSPS) is 29.0. The number of benzene rings is 1. The Morgan fingerprint density at radius 3 is 2.86 bits per heavy atom. The highest BCUT2D eigenvalue weighted by atomic mass is 16.5. The molecule has 1 aromatic rings. The van der Waals surface area contributed by atoms with Crippen LogP contribution in [0.1, 0.15) is 24.5 Å². The summed E-state index contributed by atoms with van der Waals surface area (Å²) in [4.78, 5) is 14.7. The first-order valence-electron chi connectivity index (χ1n) is 7.80. The van der Waals surface area contributed by atoms with Crippen molar-refractivity contribution >= 4 is 5.91 Å². The molecule has 1 N–H and O–H groups in total. The standard InChI is InChI=1S/C17H24N2O2/c1-12-7-8-19(11-16(12)21-2)17(20)15-9-13-5-3-4-6-14(13)10-18-15/h3-6,12,15-16,18H,7-11H2,1-2H3/t12-,15-,16-/m1/s1. The Labute approximate surface area is 126 Å². The summed E-state index contributed by atoms with van der Waals surface area (Å²) in [6.07, 6.45) is 1.98. The van der Waals surface area contributed by atoms with E-state index in [-0.39, 0.29) is 18.1 Å². The maximum Gasteiger partial charge on any atom is 0.240 e. The first-order chi connectivity index (χ1) is 10.2. The second-order valence-corrected chi connectivity index (χ2v) is 6.23. The predicted octanol–water partition coefficient (Wildman–Crippen LogP) is 1.58. The minimum atomic E-state index is -0.0918. The number of likely N-dealkylation sites (tertiary alicyclic amines) is 1. The van der Waals surface area contributed by atoms with Crippen LogP contribution in [0.2, 0.25) is 0 Å². The molecule has 2 aliphatic heterocycles. The Balaban J connectivity index is 1.67. The molecule has 0 radical (unpaired) electrons. The summed E-state index contributed by atoms with van der Waals surface area (Å²) in [5.74, 6) is 0.748. The van der Waals surface area contributed by atoms with E-state index in [1.807, 2.05) is 4.90 Å². The van der Waals surface area contributed by atoms with Crippen molar-refractivity contribution in [1.29, 1.82) is 0 Å². The summed E-state index contributed by atoms with van der Waals surface area (Å²) >= 11 is 0. The van der Waals surface area contributed by atoms with Crippen molar-refractivity contribution in [2.75, 3.05) is 20.2 Å². The molecule has 114 valence electrons. The van der Waals surface area contributed by atoms with Gasteiger partial charge >= 0.3 is 0 Å². The molecule has 4 heteroatoms. The molecule has 21 heavy (non-hydrogen) atoms. The number of methoxy groups -OCH3 is 1. The summed E-state index contributed by atoms with van der Waals surface area (Å²) in [7, 11) is 1.74. The Morgan fingerprint density at radius 1 is 1.33 bits per heavy atom. The molecule has 3 rings (SSSR count). The highest BCUT2D eigenvalue weighted by Crippen LogP contribution is 2.22. The van der Waals surface area contributed by atoms with Crippen LogP contribution in [0.15, 0.2) is 24.3 Å². The van der Waals surface area contributed by atoms with Crippen LogP contribution in [0.25, 0.3) is 0 Å². The van der Waals surface area contributed by atoms with Gasteiger partial charge in [-0.25, -0.2) is 0 Å². The van der Waals surface area contributed by atoms with E-state index >= 15 is 0 Å². The molecule has 1 fully saturated rings. The smallest absolute Gasteiger partial charge is 0.240 e. The van der Waals surface area contributed by atoms with Gasteiger partial charge in [0.2, 0.25) is 5.91 Å². The van der Waals surface area contributed by atoms with Gasteiger partial charge in [0, 0.05) is 26.7 Å². The van der Waals surface area contributed by atoms with Gasteiger partial charge in [0.25, 0.3) is 0 Å². The van der Waals surface area contributed by atoms with Crippen LogP contribution < -0.4 is 5.32 Å². The third kappa shape index (κ3) is 2.97. The number of piperidine rings is 1. The van der Waals surface area contributed by atoms with Gasteiger partial charge < -0.3 is 15.0 Å². The fourth-order valence-corrected chi connectivity index (χ4v) is 3.39. The van der Waals surface area contributed by atoms with Crippen molar-refractivity contribution in [3.63, 3.8) is 0 Å². The molecule has 2 heterocycles. The minimum absolute atomic E-state index is 0.0918. The molecule has 1 saturated heterocycles. The van der Waals surface area contributed by atoms with Crippen LogP contribution in [0, 0.1) is 5.92 Å². The molecule has 0 spiro atoms. The highest BCUT2D eigenvalue weighted by Gasteiger charge is 2.33. The fraction of sp³-hybridized carbons (Fsp3) is 0.588. The molecule has 0 unspecified atom stereocenters. The lowest BCUT2D eigenvalue weighted by molar-refractivity contribution is -0.138. The van der Waals surface area contributed by atoms with E-state index in [1.54, 1.807) is 7.11 Å². The molecular weight excluding hydrogens is 264 g/mol.